The third-order valence-electron chi connectivity index (χ3n) is 4.65. The monoisotopic (exact) mass is 279 g/mol. The van der Waals surface area contributed by atoms with Crippen LogP contribution in [0.15, 0.2) is 0 Å². The number of hydrogen-bond acceptors (Lipinski definition) is 3. The van der Waals surface area contributed by atoms with E-state index in [9.17, 15) is 5.26 Å². The van der Waals surface area contributed by atoms with Crippen molar-refractivity contribution in [3.05, 3.63) is 0 Å². The standard InChI is InChI=1S/C17H33N3/c1-5-17(14-18,19-15(3)4)11-8-12-20(6-2)13-16-9-7-10-16/h15-16,19H,5-13H2,1-4H3. The molecule has 116 valence electrons. The zero-order valence-corrected chi connectivity index (χ0v) is 13.9. The highest BCUT2D eigenvalue weighted by molar-refractivity contribution is 5.06. The lowest BCUT2D eigenvalue weighted by molar-refractivity contribution is 0.177. The lowest BCUT2D eigenvalue weighted by Gasteiger charge is -2.33. The predicted octanol–water partition coefficient (Wildman–Crippen LogP) is 3.56. The van der Waals surface area contributed by atoms with Crippen LogP contribution in [0.3, 0.4) is 0 Å². The Kier molecular flexibility index (Phi) is 7.55. The van der Waals surface area contributed by atoms with Crippen LogP contribution in [-0.4, -0.2) is 36.1 Å². The Morgan fingerprint density at radius 1 is 1.35 bits per heavy atom. The van der Waals surface area contributed by atoms with Crippen molar-refractivity contribution in [3.63, 3.8) is 0 Å². The fraction of sp³-hybridized carbons (Fsp3) is 0.941. The lowest BCUT2D eigenvalue weighted by atomic mass is 9.85. The van der Waals surface area contributed by atoms with Gasteiger partial charge in [-0.3, -0.25) is 5.32 Å². The van der Waals surface area contributed by atoms with Gasteiger partial charge in [0, 0.05) is 12.6 Å². The van der Waals surface area contributed by atoms with Crippen LogP contribution in [-0.2, 0) is 0 Å². The van der Waals surface area contributed by atoms with Crippen molar-refractivity contribution >= 4 is 0 Å². The SMILES string of the molecule is CCN(CCCC(C#N)(CC)NC(C)C)CC1CCC1. The van der Waals surface area contributed by atoms with Gasteiger partial charge in [0.1, 0.15) is 5.54 Å². The molecule has 3 nitrogen and oxygen atoms in total. The molecule has 0 radical (unpaired) electrons. The maximum atomic E-state index is 9.51. The van der Waals surface area contributed by atoms with Crippen LogP contribution in [0.25, 0.3) is 0 Å². The fourth-order valence-corrected chi connectivity index (χ4v) is 3.09. The molecule has 1 aliphatic carbocycles. The molecule has 1 fully saturated rings. The number of hydrogen-bond donors (Lipinski definition) is 1. The van der Waals surface area contributed by atoms with Crippen molar-refractivity contribution < 1.29 is 0 Å². The number of nitriles is 1. The Labute approximate surface area is 125 Å². The van der Waals surface area contributed by atoms with Crippen LogP contribution < -0.4 is 5.32 Å². The van der Waals surface area contributed by atoms with Gasteiger partial charge in [-0.1, -0.05) is 20.3 Å². The molecule has 1 saturated carbocycles. The van der Waals surface area contributed by atoms with Crippen LogP contribution in [0.1, 0.15) is 66.2 Å². The molecule has 0 saturated heterocycles. The molecular formula is C17H33N3. The molecule has 1 atom stereocenters. The van der Waals surface area contributed by atoms with Crippen molar-refractivity contribution in [2.75, 3.05) is 19.6 Å². The fourth-order valence-electron chi connectivity index (χ4n) is 3.09. The Balaban J connectivity index is 2.36. The molecule has 0 aromatic carbocycles. The van der Waals surface area contributed by atoms with E-state index in [4.69, 9.17) is 0 Å². The van der Waals surface area contributed by atoms with Crippen molar-refractivity contribution in [2.24, 2.45) is 5.92 Å². The molecule has 0 bridgehead atoms. The first-order valence-electron chi connectivity index (χ1n) is 8.46. The van der Waals surface area contributed by atoms with E-state index >= 15 is 0 Å². The first-order chi connectivity index (χ1) is 9.55. The maximum absolute atomic E-state index is 9.51. The van der Waals surface area contributed by atoms with E-state index in [2.05, 4.69) is 44.0 Å². The summed E-state index contributed by atoms with van der Waals surface area (Å²) in [6.07, 6.45) is 7.22. The summed E-state index contributed by atoms with van der Waals surface area (Å²) in [6.45, 7) is 12.1. The second-order valence-electron chi connectivity index (χ2n) is 6.64. The van der Waals surface area contributed by atoms with E-state index in [-0.39, 0.29) is 5.54 Å². The number of nitrogens with zero attached hydrogens (tertiary/aromatic N) is 2. The van der Waals surface area contributed by atoms with E-state index in [0.717, 1.165) is 38.3 Å². The molecule has 20 heavy (non-hydrogen) atoms. The summed E-state index contributed by atoms with van der Waals surface area (Å²) in [6, 6.07) is 2.89. The molecule has 0 aliphatic heterocycles. The zero-order chi connectivity index (χ0) is 15.0. The summed E-state index contributed by atoms with van der Waals surface area (Å²) < 4.78 is 0. The second kappa shape index (κ2) is 8.64. The Morgan fingerprint density at radius 2 is 2.05 bits per heavy atom. The Bertz CT molecular complexity index is 304. The molecule has 0 amide bonds. The summed E-state index contributed by atoms with van der Waals surface area (Å²) in [5.74, 6) is 0.940. The lowest BCUT2D eigenvalue weighted by Crippen LogP contribution is -2.47. The van der Waals surface area contributed by atoms with E-state index in [1.807, 2.05) is 0 Å². The number of nitrogens with one attached hydrogen (secondary N) is 1. The zero-order valence-electron chi connectivity index (χ0n) is 13.9. The van der Waals surface area contributed by atoms with Crippen LogP contribution in [0.4, 0.5) is 0 Å². The van der Waals surface area contributed by atoms with Gasteiger partial charge < -0.3 is 4.90 Å². The molecule has 0 spiro atoms. The van der Waals surface area contributed by atoms with Crippen molar-refractivity contribution in [3.8, 4) is 6.07 Å². The minimum absolute atomic E-state index is 0.329. The van der Waals surface area contributed by atoms with Crippen LogP contribution >= 0.6 is 0 Å². The average molecular weight is 279 g/mol. The van der Waals surface area contributed by atoms with Crippen LogP contribution in [0.2, 0.25) is 0 Å². The molecule has 1 unspecified atom stereocenters. The normalized spacial score (nSPS) is 18.9. The van der Waals surface area contributed by atoms with Gasteiger partial charge in [0.2, 0.25) is 0 Å². The van der Waals surface area contributed by atoms with Gasteiger partial charge in [0.15, 0.2) is 0 Å². The van der Waals surface area contributed by atoms with E-state index in [1.165, 1.54) is 25.8 Å². The molecule has 0 heterocycles. The largest absolute Gasteiger partial charge is 0.303 e. The highest BCUT2D eigenvalue weighted by Crippen LogP contribution is 2.27. The van der Waals surface area contributed by atoms with E-state index in [0.29, 0.717) is 6.04 Å². The first kappa shape index (κ1) is 17.5. The molecule has 3 heteroatoms. The summed E-state index contributed by atoms with van der Waals surface area (Å²) in [5.41, 5.74) is -0.329. The van der Waals surface area contributed by atoms with Crippen LogP contribution in [0, 0.1) is 17.2 Å². The van der Waals surface area contributed by atoms with Crippen LogP contribution in [0.5, 0.6) is 0 Å². The minimum atomic E-state index is -0.329. The van der Waals surface area contributed by atoms with Crippen molar-refractivity contribution in [1.82, 2.24) is 10.2 Å². The third-order valence-corrected chi connectivity index (χ3v) is 4.65. The Hall–Kier alpha value is -0.590. The summed E-state index contributed by atoms with van der Waals surface area (Å²) in [7, 11) is 0. The maximum Gasteiger partial charge on any atom is 0.106 e. The van der Waals surface area contributed by atoms with E-state index < -0.39 is 0 Å². The summed E-state index contributed by atoms with van der Waals surface area (Å²) in [4.78, 5) is 2.57. The molecular weight excluding hydrogens is 246 g/mol. The van der Waals surface area contributed by atoms with Gasteiger partial charge in [-0.25, -0.2) is 0 Å². The van der Waals surface area contributed by atoms with Gasteiger partial charge in [-0.2, -0.15) is 5.26 Å². The smallest absolute Gasteiger partial charge is 0.106 e. The number of rotatable bonds is 10. The molecule has 1 rings (SSSR count). The second-order valence-corrected chi connectivity index (χ2v) is 6.64. The molecule has 0 aromatic heterocycles. The van der Waals surface area contributed by atoms with Gasteiger partial charge in [0.05, 0.1) is 6.07 Å². The van der Waals surface area contributed by atoms with Gasteiger partial charge in [0.25, 0.3) is 0 Å². The predicted molar refractivity (Wildman–Crippen MR) is 85.6 cm³/mol. The molecule has 0 aromatic rings. The van der Waals surface area contributed by atoms with Crippen molar-refractivity contribution in [2.45, 2.75) is 77.8 Å². The highest BCUT2D eigenvalue weighted by atomic mass is 15.1. The molecule has 1 aliphatic rings. The quantitative estimate of drug-likeness (QED) is 0.664. The topological polar surface area (TPSA) is 39.1 Å². The van der Waals surface area contributed by atoms with Gasteiger partial charge in [-0.15, -0.1) is 0 Å². The van der Waals surface area contributed by atoms with Gasteiger partial charge >= 0.3 is 0 Å². The van der Waals surface area contributed by atoms with Crippen molar-refractivity contribution in [1.29, 1.82) is 5.26 Å². The third kappa shape index (κ3) is 5.42. The van der Waals surface area contributed by atoms with E-state index in [1.54, 1.807) is 0 Å². The summed E-state index contributed by atoms with van der Waals surface area (Å²) >= 11 is 0. The van der Waals surface area contributed by atoms with Gasteiger partial charge in [-0.05, 0) is 65.0 Å². The highest BCUT2D eigenvalue weighted by Gasteiger charge is 2.28. The Morgan fingerprint density at radius 3 is 2.45 bits per heavy atom. The minimum Gasteiger partial charge on any atom is -0.303 e. The molecule has 1 N–H and O–H groups in total. The average Bonchev–Trinajstić information content (AvgIpc) is 2.38. The summed E-state index contributed by atoms with van der Waals surface area (Å²) in [5, 5.41) is 13.0. The first-order valence-corrected chi connectivity index (χ1v) is 8.46.